The fourth-order valence-corrected chi connectivity index (χ4v) is 5.23. The van der Waals surface area contributed by atoms with Crippen LogP contribution in [0, 0.1) is 7.43 Å². The van der Waals surface area contributed by atoms with Crippen molar-refractivity contribution < 1.29 is 62.2 Å². The standard InChI is InChI=1S/C13H17NO2.C12H11NO3.C10H7NO3.C8H14O2.C6H7N.2CO2.CH4.CH3.Cl3OP/c1-3-11(13(15)16-4-2)10-14-12-8-6-5-7-9-12;1-2-16-12(15)9-7-13-10-6-4-3-5-8(10)11(9)14;12-9-6-3-1-2-4-8(6)11-5-7(9)10(13)14;1-4-7(5-2)8(9)10-6-3;7-6-4-2-1-3-5-6;2*2-1-3;;;1-5(2,3)4/h5-10,14H,3-4H2,1-2H3;3-7H,2H2,1H3,(H,13,14);1-5H,(H,11,12)(H,13,14);4H,5-6H2,1-3H3;1-5H,7H2;;;1H4;1H3;/q;;;;;;;;-1;/b11-10+;;;7-4+;;;;;;. The van der Waals surface area contributed by atoms with Crippen molar-refractivity contribution in [1.29, 1.82) is 0 Å². The molecule has 6 N–H and O–H groups in total. The summed E-state index contributed by atoms with van der Waals surface area (Å²) in [4.78, 5) is 106. The molecule has 2 heterocycles. The Bertz CT molecular complexity index is 2930. The number of carboxylic acids is 1. The Labute approximate surface area is 455 Å². The van der Waals surface area contributed by atoms with Crippen molar-refractivity contribution in [2.45, 2.75) is 61.8 Å². The summed E-state index contributed by atoms with van der Waals surface area (Å²) in [5, 5.41) is 9.44. The van der Waals surface area contributed by atoms with E-state index in [0.717, 1.165) is 23.4 Å². The normalized spacial score (nSPS) is 9.64. The number of nitrogens with one attached hydrogen (secondary N) is 3. The molecule has 76 heavy (non-hydrogen) atoms. The zero-order valence-corrected chi connectivity index (χ0v) is 45.2. The number of H-pyrrole nitrogens is 2. The number of para-hydroxylation sites is 4. The highest BCUT2D eigenvalue weighted by atomic mass is 36.0. The maximum atomic E-state index is 11.9. The zero-order valence-electron chi connectivity index (χ0n) is 42.1. The molecular weight excluding hydrogens is 1070 g/mol. The number of hydrogen-bond acceptors (Lipinski definition) is 16. The van der Waals surface area contributed by atoms with Crippen molar-refractivity contribution >= 4 is 108 Å². The molecule has 2 aromatic heterocycles. The second-order valence-electron chi connectivity index (χ2n) is 13.3. The van der Waals surface area contributed by atoms with Crippen LogP contribution in [0.5, 0.6) is 0 Å². The highest BCUT2D eigenvalue weighted by Gasteiger charge is 2.14. The van der Waals surface area contributed by atoms with Crippen LogP contribution in [0.15, 0.2) is 155 Å². The summed E-state index contributed by atoms with van der Waals surface area (Å²) in [6, 6.07) is 33.0. The molecule has 0 aliphatic carbocycles. The van der Waals surface area contributed by atoms with E-state index in [1.807, 2.05) is 87.5 Å². The van der Waals surface area contributed by atoms with Crippen molar-refractivity contribution in [2.75, 3.05) is 30.9 Å². The largest absolute Gasteiger partial charge is 0.477 e. The maximum absolute atomic E-state index is 11.9. The van der Waals surface area contributed by atoms with E-state index in [-0.39, 0.29) is 62.3 Å². The lowest BCUT2D eigenvalue weighted by molar-refractivity contribution is -0.193. The van der Waals surface area contributed by atoms with E-state index >= 15 is 0 Å². The van der Waals surface area contributed by atoms with E-state index < -0.39 is 22.6 Å². The average molecular weight is 1130 g/mol. The van der Waals surface area contributed by atoms with Gasteiger partial charge in [0.2, 0.25) is 10.9 Å². The number of rotatable bonds is 11. The molecule has 0 saturated carbocycles. The Hall–Kier alpha value is -7.88. The van der Waals surface area contributed by atoms with Crippen molar-refractivity contribution in [1.82, 2.24) is 9.97 Å². The molecule has 0 aliphatic rings. The van der Waals surface area contributed by atoms with Gasteiger partial charge in [0, 0.05) is 57.3 Å². The number of aromatic nitrogens is 2. The molecule has 4 aromatic carbocycles. The van der Waals surface area contributed by atoms with Crippen LogP contribution in [-0.4, -0.2) is 71.1 Å². The first kappa shape index (κ1) is 74.6. The third-order valence-electron chi connectivity index (χ3n) is 8.47. The Morgan fingerprint density at radius 1 is 0.632 bits per heavy atom. The Morgan fingerprint density at radius 2 is 0.987 bits per heavy atom. The van der Waals surface area contributed by atoms with Gasteiger partial charge < -0.3 is 47.8 Å². The number of carbonyl (C=O) groups is 4. The van der Waals surface area contributed by atoms with Crippen LogP contribution in [0.2, 0.25) is 0 Å². The number of fused-ring (bicyclic) bond motifs is 2. The van der Waals surface area contributed by atoms with Crippen LogP contribution in [0.1, 0.15) is 82.5 Å². The van der Waals surface area contributed by atoms with E-state index in [0.29, 0.717) is 47.0 Å². The van der Waals surface area contributed by atoms with Crippen molar-refractivity contribution in [2.24, 2.45) is 0 Å². The predicted octanol–water partition coefficient (Wildman–Crippen LogP) is 11.8. The van der Waals surface area contributed by atoms with Gasteiger partial charge in [-0.1, -0.05) is 88.0 Å². The topological polar surface area (TPSA) is 305 Å². The van der Waals surface area contributed by atoms with Gasteiger partial charge in [-0.05, 0) is 123 Å². The fourth-order valence-electron chi connectivity index (χ4n) is 5.23. The minimum Gasteiger partial charge on any atom is -0.477 e. The molecule has 0 amide bonds. The molecule has 23 heteroatoms. The van der Waals surface area contributed by atoms with Crippen LogP contribution in [0.3, 0.4) is 0 Å². The van der Waals surface area contributed by atoms with Crippen molar-refractivity contribution in [3.8, 4) is 0 Å². The second kappa shape index (κ2) is 44.6. The summed E-state index contributed by atoms with van der Waals surface area (Å²) < 4.78 is 24.0. The van der Waals surface area contributed by atoms with Gasteiger partial charge in [0.05, 0.1) is 25.4 Å². The van der Waals surface area contributed by atoms with E-state index in [1.54, 1.807) is 75.5 Å². The third-order valence-corrected chi connectivity index (χ3v) is 8.47. The number of aromatic carboxylic acids is 1. The molecule has 0 radical (unpaired) electrons. The SMILES string of the molecule is C.C/C=C(\CC)C(=O)OCC.CCOC(=O)/C(=C/Nc1ccccc1)CC.CCOC(=O)c1c[nH]c2ccccc2c1=O.Nc1ccccc1.O=C(O)c1c[nH]c2ccccc2c1=O.O=C=O.O=C=O.O=P(Cl)(Cl)Cl.[CH3-]. The number of esters is 3. The zero-order chi connectivity index (χ0) is 56.5. The first-order valence-corrected chi connectivity index (χ1v) is 26.2. The first-order valence-electron chi connectivity index (χ1n) is 21.8. The maximum Gasteiger partial charge on any atom is 0.373 e. The van der Waals surface area contributed by atoms with Crippen LogP contribution in [0.4, 0.5) is 11.4 Å². The van der Waals surface area contributed by atoms with Crippen molar-refractivity contribution in [3.63, 3.8) is 0 Å². The van der Waals surface area contributed by atoms with Gasteiger partial charge >= 0.3 is 41.4 Å². The lowest BCUT2D eigenvalue weighted by Gasteiger charge is -2.05. The van der Waals surface area contributed by atoms with Crippen LogP contribution >= 0.6 is 38.9 Å². The minimum absolute atomic E-state index is 0. The lowest BCUT2D eigenvalue weighted by atomic mass is 10.1. The fraction of sp³-hybridized carbons (Fsp3) is 0.226. The molecule has 0 saturated heterocycles. The smallest absolute Gasteiger partial charge is 0.373 e. The molecular formula is C53H63Cl3N4O15P-. The number of carbonyl (C=O) groups excluding carboxylic acids is 7. The highest BCUT2D eigenvalue weighted by Crippen LogP contribution is 2.61. The molecule has 0 unspecified atom stereocenters. The number of anilines is 2. The number of carboxylic acid groups (broad SMARTS) is 1. The molecule has 6 rings (SSSR count). The minimum atomic E-state index is -3.22. The van der Waals surface area contributed by atoms with Gasteiger partial charge in [-0.25, -0.2) is 19.2 Å². The van der Waals surface area contributed by atoms with Gasteiger partial charge in [-0.3, -0.25) is 14.2 Å². The summed E-state index contributed by atoms with van der Waals surface area (Å²) in [6.45, 7) is 12.1. The van der Waals surface area contributed by atoms with Gasteiger partial charge in [0.1, 0.15) is 11.1 Å². The van der Waals surface area contributed by atoms with Gasteiger partial charge in [-0.2, -0.15) is 19.2 Å². The number of aromatic amines is 2. The predicted molar refractivity (Wildman–Crippen MR) is 297 cm³/mol. The Morgan fingerprint density at radius 3 is 1.34 bits per heavy atom. The number of halogens is 3. The Kier molecular flexibility index (Phi) is 43.8. The Balaban J connectivity index is -0.000000411. The number of nitrogens with two attached hydrogens (primary N) is 1. The van der Waals surface area contributed by atoms with E-state index in [1.165, 1.54) is 12.4 Å². The number of nitrogen functional groups attached to an aromatic ring is 1. The molecule has 0 atom stereocenters. The number of ether oxygens (including phenoxy) is 3. The van der Waals surface area contributed by atoms with Gasteiger partial charge in [-0.15, -0.1) is 0 Å². The number of pyridine rings is 2. The van der Waals surface area contributed by atoms with E-state index in [4.69, 9.17) is 44.2 Å². The number of benzene rings is 4. The monoisotopic (exact) mass is 1130 g/mol. The van der Waals surface area contributed by atoms with E-state index in [2.05, 4.69) is 49.0 Å². The van der Waals surface area contributed by atoms with Crippen molar-refractivity contribution in [3.05, 3.63) is 184 Å². The third kappa shape index (κ3) is 33.0. The van der Waals surface area contributed by atoms with Gasteiger partial charge in [0.15, 0.2) is 0 Å². The quantitative estimate of drug-likeness (QED) is 0.0201. The molecule has 0 fully saturated rings. The van der Waals surface area contributed by atoms with E-state index in [9.17, 15) is 33.3 Å². The van der Waals surface area contributed by atoms with Crippen LogP contribution in [-0.2, 0) is 47.5 Å². The van der Waals surface area contributed by atoms with Crippen LogP contribution in [0.25, 0.3) is 21.8 Å². The summed E-state index contributed by atoms with van der Waals surface area (Å²) in [5.74, 6) is -2.24. The molecule has 0 aliphatic heterocycles. The second-order valence-corrected chi connectivity index (χ2v) is 19.9. The van der Waals surface area contributed by atoms with Gasteiger partial charge in [0.25, 0.3) is 0 Å². The first-order chi connectivity index (χ1) is 35.2. The molecule has 412 valence electrons. The summed E-state index contributed by atoms with van der Waals surface area (Å²) in [5.41, 5.74) is 8.94. The average Bonchev–Trinajstić information content (AvgIpc) is 3.36. The molecule has 6 aromatic rings. The molecule has 0 bridgehead atoms. The van der Waals surface area contributed by atoms with Crippen LogP contribution < -0.4 is 21.9 Å². The molecule has 19 nitrogen and oxygen atoms in total. The summed E-state index contributed by atoms with van der Waals surface area (Å²) in [7, 11) is 0. The highest BCUT2D eigenvalue weighted by molar-refractivity contribution is 8.24. The lowest BCUT2D eigenvalue weighted by Crippen LogP contribution is -2.17. The summed E-state index contributed by atoms with van der Waals surface area (Å²) >= 11 is 13.8. The number of allylic oxidation sites excluding steroid dienone is 1. The summed E-state index contributed by atoms with van der Waals surface area (Å²) in [6.07, 6.45) is 8.00. The molecule has 0 spiro atoms. The number of hydrogen-bond donors (Lipinski definition) is 5.